The number of hydrogen-bond acceptors (Lipinski definition) is 10. The third-order valence-corrected chi connectivity index (χ3v) is 5.60. The van der Waals surface area contributed by atoms with Gasteiger partial charge in [0, 0.05) is 37.0 Å². The van der Waals surface area contributed by atoms with Crippen LogP contribution in [0.4, 0.5) is 5.69 Å². The number of benzene rings is 1. The first-order valence-corrected chi connectivity index (χ1v) is 13.2. The lowest BCUT2D eigenvalue weighted by Gasteiger charge is -2.25. The average molecular weight is 554 g/mol. The summed E-state index contributed by atoms with van der Waals surface area (Å²) in [6.45, 7) is 5.41. The molecule has 0 aliphatic heterocycles. The number of nitrogens with zero attached hydrogens (tertiary/aromatic N) is 1. The molecule has 0 spiro atoms. The van der Waals surface area contributed by atoms with Gasteiger partial charge in [-0.05, 0) is 26.6 Å². The maximum absolute atomic E-state index is 12.5. The van der Waals surface area contributed by atoms with Gasteiger partial charge in [0.1, 0.15) is 12.6 Å². The molecule has 2 amide bonds. The van der Waals surface area contributed by atoms with E-state index in [0.29, 0.717) is 69.3 Å². The number of nitrogens with two attached hydrogens (primary N) is 1. The lowest BCUT2D eigenvalue weighted by atomic mass is 10.0. The Labute approximate surface area is 232 Å². The SMILES string of the molecule is CCCC(C=O)N(C)Cc1c(C=O)cccc1NC(=O)CCOCCOCC(COCCN)NC.CNC=O. The Balaban J connectivity index is 0.00000336. The van der Waals surface area contributed by atoms with Crippen LogP contribution in [0, 0.1) is 0 Å². The van der Waals surface area contributed by atoms with Crippen molar-refractivity contribution < 1.29 is 33.4 Å². The molecule has 12 nitrogen and oxygen atoms in total. The van der Waals surface area contributed by atoms with Crippen molar-refractivity contribution >= 4 is 30.6 Å². The molecule has 5 N–H and O–H groups in total. The van der Waals surface area contributed by atoms with Crippen molar-refractivity contribution in [3.63, 3.8) is 0 Å². The standard InChI is InChI=1S/C25H42N4O6.C2H5NO/c1-4-6-22(17-31)29(3)15-23-20(16-30)7-5-8-24(23)28-25(32)9-11-33-13-14-35-19-21(27-2)18-34-12-10-26;1-3-2-4/h5,7-8,16-17,21-22,27H,4,6,9-15,18-19,26H2,1-3H3,(H,28,32);2H,1H3,(H,3,4). The van der Waals surface area contributed by atoms with Crippen molar-refractivity contribution in [2.75, 3.05) is 72.6 Å². The van der Waals surface area contributed by atoms with Crippen LogP contribution in [-0.4, -0.2) is 109 Å². The molecule has 1 aromatic rings. The second-order valence-electron chi connectivity index (χ2n) is 8.64. The first-order valence-electron chi connectivity index (χ1n) is 13.2. The van der Waals surface area contributed by atoms with Crippen molar-refractivity contribution in [2.24, 2.45) is 5.73 Å². The van der Waals surface area contributed by atoms with Crippen molar-refractivity contribution in [1.29, 1.82) is 0 Å². The molecule has 2 atom stereocenters. The molecule has 0 heterocycles. The molecule has 0 aliphatic rings. The number of hydrogen-bond donors (Lipinski definition) is 4. The van der Waals surface area contributed by atoms with Crippen LogP contribution in [0.15, 0.2) is 18.2 Å². The maximum Gasteiger partial charge on any atom is 0.226 e. The lowest BCUT2D eigenvalue weighted by molar-refractivity contribution is -0.117. The molecule has 12 heteroatoms. The average Bonchev–Trinajstić information content (AvgIpc) is 2.95. The summed E-state index contributed by atoms with van der Waals surface area (Å²) in [5, 5.41) is 8.24. The summed E-state index contributed by atoms with van der Waals surface area (Å²) in [7, 11) is 5.24. The van der Waals surface area contributed by atoms with E-state index < -0.39 is 0 Å². The van der Waals surface area contributed by atoms with Crippen LogP contribution in [0.25, 0.3) is 0 Å². The van der Waals surface area contributed by atoms with Gasteiger partial charge in [-0.25, -0.2) is 0 Å². The Morgan fingerprint density at radius 3 is 2.28 bits per heavy atom. The van der Waals surface area contributed by atoms with Gasteiger partial charge in [-0.15, -0.1) is 0 Å². The topological polar surface area (TPSA) is 161 Å². The summed E-state index contributed by atoms with van der Waals surface area (Å²) < 4.78 is 16.5. The Morgan fingerprint density at radius 1 is 1.05 bits per heavy atom. The molecule has 39 heavy (non-hydrogen) atoms. The fraction of sp³-hybridized carbons (Fsp3) is 0.630. The summed E-state index contributed by atoms with van der Waals surface area (Å²) in [5.41, 5.74) is 7.14. The number of likely N-dealkylation sites (N-methyl/N-ethyl adjacent to an activating group) is 2. The van der Waals surface area contributed by atoms with E-state index in [2.05, 4.69) is 16.0 Å². The minimum atomic E-state index is -0.249. The molecule has 0 radical (unpaired) electrons. The first-order chi connectivity index (χ1) is 18.9. The van der Waals surface area contributed by atoms with Crippen LogP contribution in [0.5, 0.6) is 0 Å². The number of amides is 2. The predicted molar refractivity (Wildman–Crippen MR) is 151 cm³/mol. The molecule has 0 aliphatic carbocycles. The van der Waals surface area contributed by atoms with E-state index >= 15 is 0 Å². The number of ether oxygens (including phenoxy) is 3. The highest BCUT2D eigenvalue weighted by Gasteiger charge is 2.18. The van der Waals surface area contributed by atoms with Gasteiger partial charge >= 0.3 is 0 Å². The first kappa shape index (κ1) is 36.3. The van der Waals surface area contributed by atoms with Crippen LogP contribution >= 0.6 is 0 Å². The molecule has 0 bridgehead atoms. The number of nitrogens with one attached hydrogen (secondary N) is 3. The number of carbonyl (C=O) groups excluding carboxylic acids is 4. The van der Waals surface area contributed by atoms with Gasteiger partial charge in [0.2, 0.25) is 12.3 Å². The monoisotopic (exact) mass is 553 g/mol. The summed E-state index contributed by atoms with van der Waals surface area (Å²) in [6.07, 6.45) is 4.07. The molecule has 0 fully saturated rings. The molecule has 0 saturated carbocycles. The molecule has 1 aromatic carbocycles. The number of aldehydes is 2. The highest BCUT2D eigenvalue weighted by atomic mass is 16.5. The van der Waals surface area contributed by atoms with Gasteiger partial charge in [0.25, 0.3) is 0 Å². The van der Waals surface area contributed by atoms with Crippen LogP contribution in [0.1, 0.15) is 42.1 Å². The minimum Gasteiger partial charge on any atom is -0.379 e. The van der Waals surface area contributed by atoms with Gasteiger partial charge in [-0.3, -0.25) is 19.3 Å². The van der Waals surface area contributed by atoms with E-state index in [1.807, 2.05) is 25.9 Å². The highest BCUT2D eigenvalue weighted by molar-refractivity contribution is 5.93. The summed E-state index contributed by atoms with van der Waals surface area (Å²) in [4.78, 5) is 46.5. The van der Waals surface area contributed by atoms with Crippen molar-refractivity contribution in [1.82, 2.24) is 15.5 Å². The quantitative estimate of drug-likeness (QED) is 0.118. The second kappa shape index (κ2) is 24.3. The van der Waals surface area contributed by atoms with Crippen LogP contribution in [0.3, 0.4) is 0 Å². The maximum atomic E-state index is 12.5. The number of anilines is 1. The molecule has 1 rings (SSSR count). The second-order valence-corrected chi connectivity index (χ2v) is 8.64. The zero-order valence-electron chi connectivity index (χ0n) is 23.8. The summed E-state index contributed by atoms with van der Waals surface area (Å²) in [6, 6.07) is 5.01. The third kappa shape index (κ3) is 16.7. The van der Waals surface area contributed by atoms with Crippen LogP contribution < -0.4 is 21.7 Å². The largest absolute Gasteiger partial charge is 0.379 e. The predicted octanol–water partition coefficient (Wildman–Crippen LogP) is 0.586. The zero-order chi connectivity index (χ0) is 29.3. The van der Waals surface area contributed by atoms with E-state index in [0.717, 1.165) is 25.4 Å². The lowest BCUT2D eigenvalue weighted by Crippen LogP contribution is -2.36. The van der Waals surface area contributed by atoms with E-state index in [4.69, 9.17) is 24.7 Å². The number of carbonyl (C=O) groups is 4. The van der Waals surface area contributed by atoms with Crippen LogP contribution in [0.2, 0.25) is 0 Å². The van der Waals surface area contributed by atoms with E-state index in [1.54, 1.807) is 25.2 Å². The molecule has 0 aromatic heterocycles. The third-order valence-electron chi connectivity index (χ3n) is 5.60. The van der Waals surface area contributed by atoms with Gasteiger partial charge < -0.3 is 40.7 Å². The Bertz CT molecular complexity index is 813. The smallest absolute Gasteiger partial charge is 0.226 e. The van der Waals surface area contributed by atoms with Gasteiger partial charge in [-0.1, -0.05) is 25.5 Å². The minimum absolute atomic E-state index is 0.0754. The van der Waals surface area contributed by atoms with Crippen molar-refractivity contribution in [3.8, 4) is 0 Å². The Kier molecular flexibility index (Phi) is 22.6. The van der Waals surface area contributed by atoms with E-state index in [1.165, 1.54) is 0 Å². The van der Waals surface area contributed by atoms with E-state index in [-0.39, 0.29) is 31.0 Å². The summed E-state index contributed by atoms with van der Waals surface area (Å²) >= 11 is 0. The van der Waals surface area contributed by atoms with Gasteiger partial charge in [-0.2, -0.15) is 0 Å². The Hall–Kier alpha value is -2.74. The fourth-order valence-corrected chi connectivity index (χ4v) is 3.41. The van der Waals surface area contributed by atoms with E-state index in [9.17, 15) is 14.4 Å². The van der Waals surface area contributed by atoms with Crippen molar-refractivity contribution in [2.45, 2.75) is 44.8 Å². The highest BCUT2D eigenvalue weighted by Crippen LogP contribution is 2.22. The molecular formula is C27H47N5O7. The normalized spacial score (nSPS) is 12.2. The summed E-state index contributed by atoms with van der Waals surface area (Å²) in [5.74, 6) is -0.217. The van der Waals surface area contributed by atoms with Crippen molar-refractivity contribution in [3.05, 3.63) is 29.3 Å². The number of rotatable bonds is 22. The Morgan fingerprint density at radius 2 is 1.72 bits per heavy atom. The fourth-order valence-electron chi connectivity index (χ4n) is 3.41. The van der Waals surface area contributed by atoms with Gasteiger partial charge in [0.05, 0.1) is 58.1 Å². The van der Waals surface area contributed by atoms with Crippen LogP contribution in [-0.2, 0) is 35.1 Å². The molecule has 0 saturated heterocycles. The molecular weight excluding hydrogens is 506 g/mol. The molecule has 2 unspecified atom stereocenters. The zero-order valence-corrected chi connectivity index (χ0v) is 23.8. The van der Waals surface area contributed by atoms with Gasteiger partial charge in [0.15, 0.2) is 0 Å². The molecule has 222 valence electrons.